The van der Waals surface area contributed by atoms with Gasteiger partial charge in [-0.2, -0.15) is 12.1 Å². The Morgan fingerprint density at radius 1 is 0.519 bits per heavy atom. The quantitative estimate of drug-likeness (QED) is 0.117. The molecule has 2 aliphatic carbocycles. The molecule has 0 aromatic heterocycles. The molecule has 0 amide bonds. The standard InChI is InChI=1S/2C23H25.C2H6Si.2ClH.Zr/c2*1-23(13-6-3-7-14-23)17-18-15-20-11-8-12-21(22(20)16-18)19-9-4-2-5-10-19;1-3-2;;;/h2*2,4-5,8-12,15-16H,3,6-7,13-14,17H2,1H3;1-2H3;2*1H;/q2*-1;;;;+2/p-2. The van der Waals surface area contributed by atoms with Crippen molar-refractivity contribution in [2.24, 2.45) is 10.8 Å². The van der Waals surface area contributed by atoms with E-state index in [1.807, 2.05) is 0 Å². The first kappa shape index (κ1) is 42.5. The molecule has 2 fully saturated rings. The Morgan fingerprint density at radius 2 is 0.865 bits per heavy atom. The summed E-state index contributed by atoms with van der Waals surface area (Å²) in [5.74, 6) is 0. The second-order valence-electron chi connectivity index (χ2n) is 16.2. The third kappa shape index (κ3) is 11.4. The smallest absolute Gasteiger partial charge is 1.00 e. The van der Waals surface area contributed by atoms with Crippen LogP contribution in [0.1, 0.15) is 89.2 Å². The van der Waals surface area contributed by atoms with E-state index >= 15 is 0 Å². The van der Waals surface area contributed by atoms with Gasteiger partial charge in [-0.05, 0) is 60.5 Å². The SMILES string of the molecule is CC1(Cc2cc3c(-c4ccccc4)cccc3[cH-]2)CCCCC1.CC1(Cc2cc3c(-c4ccccc4)cccc3[cH-]2)CCCCC1.C[Si](C)=[Zr+2].[Cl-].[Cl-]. The van der Waals surface area contributed by atoms with E-state index in [4.69, 9.17) is 0 Å². The van der Waals surface area contributed by atoms with E-state index in [0.29, 0.717) is 10.8 Å². The van der Waals surface area contributed by atoms with Crippen LogP contribution in [0.15, 0.2) is 121 Å². The van der Waals surface area contributed by atoms with Crippen LogP contribution in [0.4, 0.5) is 0 Å². The van der Waals surface area contributed by atoms with Crippen molar-refractivity contribution in [1.29, 1.82) is 0 Å². The van der Waals surface area contributed by atoms with Crippen molar-refractivity contribution in [3.8, 4) is 22.3 Å². The Hall–Kier alpha value is -2.22. The zero-order valence-electron chi connectivity index (χ0n) is 31.8. The molecule has 0 bridgehead atoms. The summed E-state index contributed by atoms with van der Waals surface area (Å²) >= 11 is 1.74. The summed E-state index contributed by atoms with van der Waals surface area (Å²) in [6.45, 7) is 9.59. The van der Waals surface area contributed by atoms with Gasteiger partial charge < -0.3 is 24.8 Å². The van der Waals surface area contributed by atoms with Gasteiger partial charge in [-0.15, -0.1) is 69.1 Å². The van der Waals surface area contributed by atoms with Crippen LogP contribution >= 0.6 is 0 Å². The van der Waals surface area contributed by atoms with Gasteiger partial charge in [-0.25, -0.2) is 0 Å². The average molecular weight is 823 g/mol. The minimum absolute atomic E-state index is 0. The fourth-order valence-corrected chi connectivity index (χ4v) is 8.69. The zero-order chi connectivity index (χ0) is 35.0. The van der Waals surface area contributed by atoms with Gasteiger partial charge in [-0.1, -0.05) is 136 Å². The van der Waals surface area contributed by atoms with E-state index in [2.05, 4.69) is 148 Å². The van der Waals surface area contributed by atoms with Gasteiger partial charge in [0.1, 0.15) is 0 Å². The maximum atomic E-state index is 2.49. The Labute approximate surface area is 342 Å². The molecule has 272 valence electrons. The van der Waals surface area contributed by atoms with Gasteiger partial charge in [0, 0.05) is 0 Å². The number of hydrogen-bond acceptors (Lipinski definition) is 0. The molecule has 0 atom stereocenters. The second kappa shape index (κ2) is 19.9. The molecule has 0 saturated heterocycles. The fourth-order valence-electron chi connectivity index (χ4n) is 8.69. The van der Waals surface area contributed by atoms with E-state index in [0.717, 1.165) is 0 Å². The molecule has 0 radical (unpaired) electrons. The van der Waals surface area contributed by atoms with Gasteiger partial charge >= 0.3 is 41.9 Å². The van der Waals surface area contributed by atoms with Crippen molar-refractivity contribution < 1.29 is 48.1 Å². The summed E-state index contributed by atoms with van der Waals surface area (Å²) in [5, 5.41) is 5.60. The van der Waals surface area contributed by atoms with Gasteiger partial charge in [0.25, 0.3) is 0 Å². The number of hydrogen-bond donors (Lipinski definition) is 0. The zero-order valence-corrected chi connectivity index (χ0v) is 36.8. The first-order valence-corrected chi connectivity index (χ1v) is 25.4. The number of fused-ring (bicyclic) bond motifs is 2. The molecule has 2 aliphatic rings. The van der Waals surface area contributed by atoms with E-state index in [1.54, 1.807) is 23.3 Å². The predicted octanol–water partition coefficient (Wildman–Crippen LogP) is 8.27. The molecular weight excluding hydrogens is 767 g/mol. The van der Waals surface area contributed by atoms with Crippen molar-refractivity contribution in [2.75, 3.05) is 0 Å². The van der Waals surface area contributed by atoms with Crippen LogP contribution in [0.25, 0.3) is 43.8 Å². The summed E-state index contributed by atoms with van der Waals surface area (Å²) in [4.78, 5) is 0. The molecule has 52 heavy (non-hydrogen) atoms. The van der Waals surface area contributed by atoms with Crippen molar-refractivity contribution in [1.82, 2.24) is 0 Å². The van der Waals surface area contributed by atoms with Crippen molar-refractivity contribution in [3.63, 3.8) is 0 Å². The van der Waals surface area contributed by atoms with E-state index in [9.17, 15) is 0 Å². The first-order valence-electron chi connectivity index (χ1n) is 19.2. The average Bonchev–Trinajstić information content (AvgIpc) is 3.72. The van der Waals surface area contributed by atoms with Crippen LogP contribution in [-0.2, 0) is 36.2 Å². The molecule has 6 aromatic carbocycles. The molecule has 0 spiro atoms. The Bertz CT molecular complexity index is 1830. The van der Waals surface area contributed by atoms with E-state index < -0.39 is 0 Å². The summed E-state index contributed by atoms with van der Waals surface area (Å²) < 4.78 is 0. The largest absolute Gasteiger partial charge is 1.00 e. The monoisotopic (exact) mass is 820 g/mol. The third-order valence-electron chi connectivity index (χ3n) is 11.2. The Kier molecular flexibility index (Phi) is 16.3. The normalized spacial score (nSPS) is 16.0. The van der Waals surface area contributed by atoms with Crippen LogP contribution in [0.5, 0.6) is 0 Å². The summed E-state index contributed by atoms with van der Waals surface area (Å²) in [6.07, 6.45) is 16.5. The predicted molar refractivity (Wildman–Crippen MR) is 217 cm³/mol. The number of benzene rings is 4. The molecule has 4 heteroatoms. The van der Waals surface area contributed by atoms with E-state index in [-0.39, 0.29) is 30.2 Å². The Morgan fingerprint density at radius 3 is 1.21 bits per heavy atom. The topological polar surface area (TPSA) is 0 Å². The maximum absolute atomic E-state index is 2.49. The van der Waals surface area contributed by atoms with Gasteiger partial charge in [0.15, 0.2) is 0 Å². The molecule has 2 saturated carbocycles. The van der Waals surface area contributed by atoms with Crippen LogP contribution in [0, 0.1) is 10.8 Å². The summed E-state index contributed by atoms with van der Waals surface area (Å²) in [6, 6.07) is 44.7. The molecule has 0 unspecified atom stereocenters. The number of rotatable bonds is 6. The minimum atomic E-state index is 0. The minimum Gasteiger partial charge on any atom is -1.00 e. The van der Waals surface area contributed by atoms with Gasteiger partial charge in [0.05, 0.1) is 0 Å². The van der Waals surface area contributed by atoms with Crippen molar-refractivity contribution in [2.45, 2.75) is 104 Å². The van der Waals surface area contributed by atoms with Crippen LogP contribution in [0.2, 0.25) is 13.1 Å². The molecule has 0 nitrogen and oxygen atoms in total. The molecular formula is C48H56Cl2SiZr-2. The molecule has 0 aliphatic heterocycles. The number of halogens is 2. The molecule has 0 N–H and O–H groups in total. The van der Waals surface area contributed by atoms with Crippen LogP contribution in [0.3, 0.4) is 0 Å². The third-order valence-corrected chi connectivity index (χ3v) is 11.2. The fraction of sp³-hybridized carbons (Fsp3) is 0.375. The van der Waals surface area contributed by atoms with E-state index in [1.165, 1.54) is 132 Å². The maximum Gasteiger partial charge on any atom is -1.00 e. The molecule has 6 aromatic rings. The van der Waals surface area contributed by atoms with Crippen molar-refractivity contribution >= 4 is 27.0 Å². The second-order valence-corrected chi connectivity index (χ2v) is 25.5. The van der Waals surface area contributed by atoms with Gasteiger partial charge in [0.2, 0.25) is 0 Å². The summed E-state index contributed by atoms with van der Waals surface area (Å²) in [5.41, 5.74) is 9.64. The van der Waals surface area contributed by atoms with Crippen LogP contribution < -0.4 is 24.8 Å². The van der Waals surface area contributed by atoms with Crippen LogP contribution in [-0.4, -0.2) is 5.43 Å². The Balaban J connectivity index is 0.000000204. The molecule has 0 heterocycles. The summed E-state index contributed by atoms with van der Waals surface area (Å²) in [7, 11) is 0. The van der Waals surface area contributed by atoms with Gasteiger partial charge in [-0.3, -0.25) is 0 Å². The first-order chi connectivity index (χ1) is 24.2. The molecule has 8 rings (SSSR count). The van der Waals surface area contributed by atoms with Crippen molar-refractivity contribution in [3.05, 3.63) is 132 Å².